The lowest BCUT2D eigenvalue weighted by Gasteiger charge is -2.21. The molecule has 1 saturated heterocycles. The molecule has 0 aromatic carbocycles. The van der Waals surface area contributed by atoms with E-state index in [1.54, 1.807) is 0 Å². The van der Waals surface area contributed by atoms with Gasteiger partial charge in [-0.05, 0) is 18.7 Å². The van der Waals surface area contributed by atoms with Gasteiger partial charge in [0.25, 0.3) is 0 Å². The van der Waals surface area contributed by atoms with Gasteiger partial charge in [-0.15, -0.1) is 0 Å². The van der Waals surface area contributed by atoms with Gasteiger partial charge in [0.2, 0.25) is 0 Å². The summed E-state index contributed by atoms with van der Waals surface area (Å²) in [6.45, 7) is 3.79. The summed E-state index contributed by atoms with van der Waals surface area (Å²) < 4.78 is 10.6. The lowest BCUT2D eigenvalue weighted by molar-refractivity contribution is 0.127. The first-order valence-electron chi connectivity index (χ1n) is 4.17. The highest BCUT2D eigenvalue weighted by molar-refractivity contribution is 6.44. The Morgan fingerprint density at radius 2 is 2.09 bits per heavy atom. The lowest BCUT2D eigenvalue weighted by Crippen LogP contribution is -2.31. The minimum Gasteiger partial charge on any atom is -0.411 e. The molecule has 0 radical (unpaired) electrons. The van der Waals surface area contributed by atoms with E-state index in [1.807, 2.05) is 6.92 Å². The molecule has 1 heterocycles. The molecule has 1 unspecified atom stereocenters. The molecule has 0 aromatic heterocycles. The zero-order chi connectivity index (χ0) is 8.10. The van der Waals surface area contributed by atoms with Gasteiger partial charge < -0.3 is 14.4 Å². The van der Waals surface area contributed by atoms with Crippen molar-refractivity contribution in [3.63, 3.8) is 0 Å². The molecule has 4 heteroatoms. The third-order valence-electron chi connectivity index (χ3n) is 1.80. The molecule has 1 atom stereocenters. The zero-order valence-corrected chi connectivity index (χ0v) is 6.95. The molecule has 11 heavy (non-hydrogen) atoms. The van der Waals surface area contributed by atoms with Crippen molar-refractivity contribution < 1.29 is 14.4 Å². The normalized spacial score (nSPS) is 21.8. The largest absolute Gasteiger partial charge is 0.457 e. The fourth-order valence-corrected chi connectivity index (χ4v) is 1.08. The lowest BCUT2D eigenvalue weighted by atomic mass is 9.77. The average Bonchev–Trinajstić information content (AvgIpc) is 2.06. The Bertz CT molecular complexity index is 104. The summed E-state index contributed by atoms with van der Waals surface area (Å²) in [6, 6.07) is 0. The van der Waals surface area contributed by atoms with Gasteiger partial charge in [-0.2, -0.15) is 0 Å². The fraction of sp³-hybridized carbons (Fsp3) is 1.00. The summed E-state index contributed by atoms with van der Waals surface area (Å²) in [5.74, 6) is 0.276. The summed E-state index contributed by atoms with van der Waals surface area (Å²) in [7, 11) is -0.0779. The van der Waals surface area contributed by atoms with Crippen LogP contribution in [0.1, 0.15) is 13.3 Å². The Hall–Kier alpha value is -0.0551. The molecule has 0 spiro atoms. The van der Waals surface area contributed by atoms with Crippen molar-refractivity contribution in [2.75, 3.05) is 19.8 Å². The topological polar surface area (TPSA) is 38.7 Å². The Labute approximate surface area is 67.8 Å². The van der Waals surface area contributed by atoms with Crippen LogP contribution in [0.5, 0.6) is 0 Å². The minimum absolute atomic E-state index is 0.0779. The van der Waals surface area contributed by atoms with Crippen molar-refractivity contribution in [1.82, 2.24) is 0 Å². The Balaban J connectivity index is 2.13. The first-order valence-corrected chi connectivity index (χ1v) is 4.17. The van der Waals surface area contributed by atoms with Gasteiger partial charge in [-0.3, -0.25) is 0 Å². The molecular formula is C7H15BO3. The van der Waals surface area contributed by atoms with E-state index in [0.29, 0.717) is 0 Å². The maximum atomic E-state index is 8.75. The molecule has 3 nitrogen and oxygen atoms in total. The summed E-state index contributed by atoms with van der Waals surface area (Å²) in [5, 5.41) is 8.75. The highest BCUT2D eigenvalue weighted by Gasteiger charge is 2.23. The van der Waals surface area contributed by atoms with Crippen LogP contribution >= 0.6 is 0 Å². The Morgan fingerprint density at radius 3 is 2.64 bits per heavy atom. The fourth-order valence-electron chi connectivity index (χ4n) is 1.08. The molecule has 64 valence electrons. The number of rotatable bonds is 3. The van der Waals surface area contributed by atoms with Crippen molar-refractivity contribution >= 4 is 7.12 Å². The number of aliphatic hydroxyl groups is 1. The SMILES string of the molecule is CC(CO)CB1OCCCO1. The monoisotopic (exact) mass is 158 g/mol. The quantitative estimate of drug-likeness (QED) is 0.609. The van der Waals surface area contributed by atoms with Crippen LogP contribution in [0.4, 0.5) is 0 Å². The van der Waals surface area contributed by atoms with E-state index < -0.39 is 0 Å². The van der Waals surface area contributed by atoms with E-state index in [-0.39, 0.29) is 19.6 Å². The predicted molar refractivity (Wildman–Crippen MR) is 43.3 cm³/mol. The van der Waals surface area contributed by atoms with Crippen molar-refractivity contribution in [3.05, 3.63) is 0 Å². The van der Waals surface area contributed by atoms with E-state index in [1.165, 1.54) is 0 Å². The second-order valence-corrected chi connectivity index (χ2v) is 3.05. The molecule has 1 aliphatic heterocycles. The third kappa shape index (κ3) is 3.23. The first-order chi connectivity index (χ1) is 5.33. The standard InChI is InChI=1S/C7H15BO3/c1-7(6-9)5-8-10-3-2-4-11-8/h7,9H,2-6H2,1H3. The van der Waals surface area contributed by atoms with Gasteiger partial charge in [0.15, 0.2) is 0 Å². The molecule has 0 saturated carbocycles. The van der Waals surface area contributed by atoms with E-state index in [0.717, 1.165) is 26.0 Å². The van der Waals surface area contributed by atoms with Crippen LogP contribution < -0.4 is 0 Å². The smallest absolute Gasteiger partial charge is 0.411 e. The Kier molecular flexibility index (Phi) is 3.90. The van der Waals surface area contributed by atoms with Gasteiger partial charge in [-0.25, -0.2) is 0 Å². The molecule has 0 aromatic rings. The second kappa shape index (κ2) is 4.75. The molecule has 1 rings (SSSR count). The van der Waals surface area contributed by atoms with E-state index in [9.17, 15) is 0 Å². The van der Waals surface area contributed by atoms with Crippen molar-refractivity contribution in [2.24, 2.45) is 5.92 Å². The highest BCUT2D eigenvalue weighted by Crippen LogP contribution is 2.11. The molecule has 1 N–H and O–H groups in total. The van der Waals surface area contributed by atoms with Crippen LogP contribution in [0.2, 0.25) is 6.32 Å². The minimum atomic E-state index is -0.0779. The molecule has 0 amide bonds. The highest BCUT2D eigenvalue weighted by atomic mass is 16.6. The third-order valence-corrected chi connectivity index (χ3v) is 1.80. The molecule has 1 aliphatic rings. The predicted octanol–water partition coefficient (Wildman–Crippen LogP) is 0.540. The maximum Gasteiger partial charge on any atom is 0.457 e. The molecular weight excluding hydrogens is 143 g/mol. The molecule has 0 bridgehead atoms. The summed E-state index contributed by atoms with van der Waals surface area (Å²) in [5.41, 5.74) is 0. The van der Waals surface area contributed by atoms with E-state index in [4.69, 9.17) is 14.4 Å². The van der Waals surface area contributed by atoms with Crippen LogP contribution in [-0.2, 0) is 9.31 Å². The number of hydrogen-bond donors (Lipinski definition) is 1. The molecule has 1 fully saturated rings. The number of hydrogen-bond acceptors (Lipinski definition) is 3. The van der Waals surface area contributed by atoms with Crippen LogP contribution in [0.25, 0.3) is 0 Å². The van der Waals surface area contributed by atoms with Crippen LogP contribution in [0.3, 0.4) is 0 Å². The maximum absolute atomic E-state index is 8.75. The molecule has 0 aliphatic carbocycles. The van der Waals surface area contributed by atoms with Gasteiger partial charge in [0.1, 0.15) is 0 Å². The average molecular weight is 158 g/mol. The van der Waals surface area contributed by atoms with Gasteiger partial charge >= 0.3 is 7.12 Å². The summed E-state index contributed by atoms with van der Waals surface area (Å²) >= 11 is 0. The van der Waals surface area contributed by atoms with Crippen molar-refractivity contribution in [2.45, 2.75) is 19.7 Å². The van der Waals surface area contributed by atoms with E-state index >= 15 is 0 Å². The van der Waals surface area contributed by atoms with Gasteiger partial charge in [-0.1, -0.05) is 6.92 Å². The second-order valence-electron chi connectivity index (χ2n) is 3.05. The van der Waals surface area contributed by atoms with E-state index in [2.05, 4.69) is 0 Å². The zero-order valence-electron chi connectivity index (χ0n) is 6.95. The van der Waals surface area contributed by atoms with Crippen LogP contribution in [0.15, 0.2) is 0 Å². The van der Waals surface area contributed by atoms with Crippen molar-refractivity contribution in [1.29, 1.82) is 0 Å². The van der Waals surface area contributed by atoms with Crippen molar-refractivity contribution in [3.8, 4) is 0 Å². The first kappa shape index (κ1) is 9.04. The summed E-state index contributed by atoms with van der Waals surface area (Å²) in [6.07, 6.45) is 1.79. The van der Waals surface area contributed by atoms with Gasteiger partial charge in [0.05, 0.1) is 0 Å². The number of aliphatic hydroxyl groups excluding tert-OH is 1. The van der Waals surface area contributed by atoms with Gasteiger partial charge in [0, 0.05) is 19.8 Å². The summed E-state index contributed by atoms with van der Waals surface area (Å²) in [4.78, 5) is 0. The van der Waals surface area contributed by atoms with Crippen LogP contribution in [-0.4, -0.2) is 32.0 Å². The van der Waals surface area contributed by atoms with Crippen LogP contribution in [0, 0.1) is 5.92 Å². The Morgan fingerprint density at radius 1 is 1.45 bits per heavy atom.